The standard InChI is InChI=1S/C13H11BrCl2FN3O/c1-6(10-7(15)3-4-8(17)12(10)16)19-9-5-18-20(2)13(21)11(9)14/h3-6,19H,1-2H3. The third kappa shape index (κ3) is 3.22. The SMILES string of the molecule is CC(Nc1cnn(C)c(=O)c1Br)c1c(Cl)ccc(F)c1Cl. The smallest absolute Gasteiger partial charge is 0.282 e. The number of hydrogen-bond donors (Lipinski definition) is 1. The highest BCUT2D eigenvalue weighted by molar-refractivity contribution is 9.10. The van der Waals surface area contributed by atoms with Crippen LogP contribution in [0.15, 0.2) is 27.6 Å². The van der Waals surface area contributed by atoms with Gasteiger partial charge >= 0.3 is 0 Å². The zero-order valence-corrected chi connectivity index (χ0v) is 14.2. The molecule has 21 heavy (non-hydrogen) atoms. The van der Waals surface area contributed by atoms with Crippen LogP contribution < -0.4 is 10.9 Å². The maximum Gasteiger partial charge on any atom is 0.282 e. The highest BCUT2D eigenvalue weighted by atomic mass is 79.9. The van der Waals surface area contributed by atoms with E-state index >= 15 is 0 Å². The first-order chi connectivity index (χ1) is 9.82. The number of nitrogens with one attached hydrogen (secondary N) is 1. The van der Waals surface area contributed by atoms with Gasteiger partial charge in [0.25, 0.3) is 5.56 Å². The first kappa shape index (κ1) is 16.3. The number of nitrogens with zero attached hydrogens (tertiary/aromatic N) is 2. The van der Waals surface area contributed by atoms with Crippen molar-refractivity contribution in [2.75, 3.05) is 5.32 Å². The van der Waals surface area contributed by atoms with E-state index in [1.165, 1.54) is 23.0 Å². The van der Waals surface area contributed by atoms with Crippen LogP contribution in [0.2, 0.25) is 10.0 Å². The summed E-state index contributed by atoms with van der Waals surface area (Å²) in [4.78, 5) is 11.8. The Balaban J connectivity index is 2.40. The predicted molar refractivity (Wildman–Crippen MR) is 85.6 cm³/mol. The third-order valence-corrected chi connectivity index (χ3v) is 4.44. The molecule has 0 aliphatic rings. The fraction of sp³-hybridized carbons (Fsp3) is 0.231. The average Bonchev–Trinajstić information content (AvgIpc) is 2.44. The molecule has 0 spiro atoms. The Morgan fingerprint density at radius 1 is 1.43 bits per heavy atom. The van der Waals surface area contributed by atoms with Crippen LogP contribution in [0, 0.1) is 5.82 Å². The van der Waals surface area contributed by atoms with Crippen molar-refractivity contribution in [2.24, 2.45) is 7.05 Å². The van der Waals surface area contributed by atoms with Crippen molar-refractivity contribution in [3.63, 3.8) is 0 Å². The van der Waals surface area contributed by atoms with Crippen LogP contribution in [-0.2, 0) is 7.05 Å². The Kier molecular flexibility index (Phi) is 4.91. The first-order valence-electron chi connectivity index (χ1n) is 5.94. The summed E-state index contributed by atoms with van der Waals surface area (Å²) in [6.45, 7) is 1.76. The zero-order chi connectivity index (χ0) is 15.7. The molecular formula is C13H11BrCl2FN3O. The van der Waals surface area contributed by atoms with E-state index in [0.29, 0.717) is 20.7 Å². The predicted octanol–water partition coefficient (Wildman–Crippen LogP) is 4.16. The molecule has 2 rings (SSSR count). The Hall–Kier alpha value is -1.11. The van der Waals surface area contributed by atoms with Gasteiger partial charge in [-0.1, -0.05) is 23.2 Å². The van der Waals surface area contributed by atoms with Crippen LogP contribution in [-0.4, -0.2) is 9.78 Å². The lowest BCUT2D eigenvalue weighted by atomic mass is 10.1. The van der Waals surface area contributed by atoms with Crippen LogP contribution in [0.5, 0.6) is 0 Å². The summed E-state index contributed by atoms with van der Waals surface area (Å²) >= 11 is 15.2. The quantitative estimate of drug-likeness (QED) is 0.795. The molecule has 1 atom stereocenters. The molecule has 0 aliphatic carbocycles. The number of benzene rings is 1. The van der Waals surface area contributed by atoms with Crippen molar-refractivity contribution in [1.29, 1.82) is 0 Å². The van der Waals surface area contributed by atoms with Crippen LogP contribution in [0.4, 0.5) is 10.1 Å². The second-order valence-corrected chi connectivity index (χ2v) is 6.00. The van der Waals surface area contributed by atoms with E-state index in [-0.39, 0.29) is 10.6 Å². The third-order valence-electron chi connectivity index (χ3n) is 2.96. The van der Waals surface area contributed by atoms with E-state index in [0.717, 1.165) is 0 Å². The molecule has 1 aromatic heterocycles. The number of anilines is 1. The first-order valence-corrected chi connectivity index (χ1v) is 7.49. The maximum atomic E-state index is 13.6. The topological polar surface area (TPSA) is 46.9 Å². The van der Waals surface area contributed by atoms with Crippen molar-refractivity contribution in [3.05, 3.63) is 54.6 Å². The van der Waals surface area contributed by atoms with Crippen molar-refractivity contribution in [1.82, 2.24) is 9.78 Å². The monoisotopic (exact) mass is 393 g/mol. The molecule has 0 amide bonds. The molecule has 0 bridgehead atoms. The second-order valence-electron chi connectivity index (χ2n) is 4.42. The van der Waals surface area contributed by atoms with Crippen molar-refractivity contribution < 1.29 is 4.39 Å². The molecule has 0 radical (unpaired) electrons. The number of aryl methyl sites for hydroxylation is 1. The average molecular weight is 395 g/mol. The van der Waals surface area contributed by atoms with Crippen LogP contribution >= 0.6 is 39.1 Å². The number of halogens is 4. The Labute approximate surface area is 139 Å². The van der Waals surface area contributed by atoms with Gasteiger partial charge in [-0.3, -0.25) is 4.79 Å². The van der Waals surface area contributed by atoms with Gasteiger partial charge < -0.3 is 5.32 Å². The van der Waals surface area contributed by atoms with E-state index < -0.39 is 11.9 Å². The molecule has 0 aliphatic heterocycles. The molecule has 1 aromatic carbocycles. The molecule has 8 heteroatoms. The van der Waals surface area contributed by atoms with Gasteiger partial charge in [0, 0.05) is 17.6 Å². The summed E-state index contributed by atoms with van der Waals surface area (Å²) in [6, 6.07) is 2.23. The normalized spacial score (nSPS) is 12.3. The highest BCUT2D eigenvalue weighted by Crippen LogP contribution is 2.34. The minimum atomic E-state index is -0.550. The van der Waals surface area contributed by atoms with E-state index in [9.17, 15) is 9.18 Å². The lowest BCUT2D eigenvalue weighted by molar-refractivity contribution is 0.624. The highest BCUT2D eigenvalue weighted by Gasteiger charge is 2.18. The Morgan fingerprint density at radius 2 is 2.10 bits per heavy atom. The van der Waals surface area contributed by atoms with Gasteiger partial charge in [-0.2, -0.15) is 5.10 Å². The van der Waals surface area contributed by atoms with Crippen molar-refractivity contribution >= 4 is 44.8 Å². The molecule has 0 saturated heterocycles. The molecule has 1 unspecified atom stereocenters. The lowest BCUT2D eigenvalue weighted by Crippen LogP contribution is -2.22. The van der Waals surface area contributed by atoms with E-state index in [2.05, 4.69) is 26.3 Å². The van der Waals surface area contributed by atoms with E-state index in [1.54, 1.807) is 14.0 Å². The minimum Gasteiger partial charge on any atom is -0.376 e. The molecule has 2 aromatic rings. The fourth-order valence-electron chi connectivity index (χ4n) is 1.86. The van der Waals surface area contributed by atoms with Gasteiger partial charge in [0.15, 0.2) is 0 Å². The minimum absolute atomic E-state index is 0.0459. The molecule has 0 fully saturated rings. The largest absolute Gasteiger partial charge is 0.376 e. The van der Waals surface area contributed by atoms with Gasteiger partial charge in [-0.05, 0) is 35.0 Å². The summed E-state index contributed by atoms with van der Waals surface area (Å²) in [5.41, 5.74) is 0.608. The molecule has 1 heterocycles. The van der Waals surface area contributed by atoms with Crippen LogP contribution in [0.1, 0.15) is 18.5 Å². The lowest BCUT2D eigenvalue weighted by Gasteiger charge is -2.19. The second kappa shape index (κ2) is 6.34. The molecule has 4 nitrogen and oxygen atoms in total. The molecule has 1 N–H and O–H groups in total. The summed E-state index contributed by atoms with van der Waals surface area (Å²) in [5, 5.41) is 7.26. The Bertz CT molecular complexity index is 751. The molecule has 0 saturated carbocycles. The van der Waals surface area contributed by atoms with Crippen LogP contribution in [0.25, 0.3) is 0 Å². The number of hydrogen-bond acceptors (Lipinski definition) is 3. The number of aromatic nitrogens is 2. The van der Waals surface area contributed by atoms with Gasteiger partial charge in [0.05, 0.1) is 22.9 Å². The fourth-order valence-corrected chi connectivity index (χ4v) is 3.03. The summed E-state index contributed by atoms with van der Waals surface area (Å²) in [5.74, 6) is -0.550. The van der Waals surface area contributed by atoms with Gasteiger partial charge in [0.2, 0.25) is 0 Å². The summed E-state index contributed by atoms with van der Waals surface area (Å²) < 4.78 is 15.1. The van der Waals surface area contributed by atoms with Gasteiger partial charge in [0.1, 0.15) is 10.3 Å². The zero-order valence-electron chi connectivity index (χ0n) is 11.1. The maximum absolute atomic E-state index is 13.6. The van der Waals surface area contributed by atoms with Crippen LogP contribution in [0.3, 0.4) is 0 Å². The van der Waals surface area contributed by atoms with E-state index in [1.807, 2.05) is 0 Å². The Morgan fingerprint density at radius 3 is 2.76 bits per heavy atom. The number of rotatable bonds is 3. The molecular weight excluding hydrogens is 384 g/mol. The van der Waals surface area contributed by atoms with Crippen molar-refractivity contribution in [3.8, 4) is 0 Å². The van der Waals surface area contributed by atoms with Gasteiger partial charge in [-0.25, -0.2) is 9.07 Å². The van der Waals surface area contributed by atoms with E-state index in [4.69, 9.17) is 23.2 Å². The summed E-state index contributed by atoms with van der Waals surface area (Å²) in [7, 11) is 1.54. The summed E-state index contributed by atoms with van der Waals surface area (Å²) in [6.07, 6.45) is 1.49. The van der Waals surface area contributed by atoms with Gasteiger partial charge in [-0.15, -0.1) is 0 Å². The molecule has 112 valence electrons. The van der Waals surface area contributed by atoms with Crippen molar-refractivity contribution in [2.45, 2.75) is 13.0 Å².